The molecule has 29 heavy (non-hydrogen) atoms. The highest BCUT2D eigenvalue weighted by Gasteiger charge is 2.30. The predicted octanol–water partition coefficient (Wildman–Crippen LogP) is 1.71. The van der Waals surface area contributed by atoms with Crippen LogP contribution in [0.25, 0.3) is 0 Å². The van der Waals surface area contributed by atoms with E-state index in [2.05, 4.69) is 9.71 Å². The normalized spacial score (nSPS) is 15.6. The first-order valence-electron chi connectivity index (χ1n) is 8.99. The molecule has 9 heteroatoms. The van der Waals surface area contributed by atoms with Crippen LogP contribution in [0, 0.1) is 0 Å². The number of aliphatic imine (C=N–C) groups is 1. The van der Waals surface area contributed by atoms with Crippen LogP contribution >= 0.6 is 0 Å². The van der Waals surface area contributed by atoms with Crippen LogP contribution in [0.4, 0.5) is 5.69 Å². The summed E-state index contributed by atoms with van der Waals surface area (Å²) in [6.45, 7) is 2.89. The molecule has 1 N–H and O–H groups in total. The standard InChI is InChI=1S/C20H21N3O5S/c1-14(2)23(15-8-4-3-5-9-15)18(24)13-28-19(25)12-21-20-16-10-6-7-11-17(16)29(26,27)22-20/h3-11,14H,12-13H2,1-2H3,(H,21,22). The number of sulfonamides is 1. The van der Waals surface area contributed by atoms with Crippen LogP contribution in [0.3, 0.4) is 0 Å². The Kier molecular flexibility index (Phi) is 5.97. The summed E-state index contributed by atoms with van der Waals surface area (Å²) in [7, 11) is -3.67. The van der Waals surface area contributed by atoms with Gasteiger partial charge in [0.05, 0.1) is 4.90 Å². The molecule has 0 bridgehead atoms. The van der Waals surface area contributed by atoms with E-state index in [1.807, 2.05) is 32.0 Å². The van der Waals surface area contributed by atoms with Crippen molar-refractivity contribution in [3.63, 3.8) is 0 Å². The molecule has 0 unspecified atom stereocenters. The van der Waals surface area contributed by atoms with Gasteiger partial charge in [-0.3, -0.25) is 19.3 Å². The van der Waals surface area contributed by atoms with E-state index in [9.17, 15) is 18.0 Å². The molecular formula is C20H21N3O5S. The van der Waals surface area contributed by atoms with E-state index >= 15 is 0 Å². The number of carbonyl (C=O) groups is 2. The molecule has 1 amide bonds. The van der Waals surface area contributed by atoms with Gasteiger partial charge in [-0.1, -0.05) is 30.3 Å². The zero-order valence-corrected chi connectivity index (χ0v) is 16.8. The average molecular weight is 415 g/mol. The summed E-state index contributed by atoms with van der Waals surface area (Å²) in [5.41, 5.74) is 1.10. The zero-order valence-electron chi connectivity index (χ0n) is 16.0. The fourth-order valence-corrected chi connectivity index (χ4v) is 4.22. The van der Waals surface area contributed by atoms with Crippen LogP contribution in [-0.2, 0) is 24.3 Å². The molecule has 152 valence electrons. The number of nitrogens with zero attached hydrogens (tertiary/aromatic N) is 2. The first-order valence-corrected chi connectivity index (χ1v) is 10.5. The quantitative estimate of drug-likeness (QED) is 0.723. The third-order valence-electron chi connectivity index (χ3n) is 4.21. The van der Waals surface area contributed by atoms with Crippen molar-refractivity contribution in [1.29, 1.82) is 0 Å². The molecule has 0 saturated heterocycles. The summed E-state index contributed by atoms with van der Waals surface area (Å²) < 4.78 is 31.4. The van der Waals surface area contributed by atoms with Crippen LogP contribution in [0.1, 0.15) is 19.4 Å². The van der Waals surface area contributed by atoms with Crippen molar-refractivity contribution in [2.45, 2.75) is 24.8 Å². The SMILES string of the molecule is CC(C)N(C(=O)COC(=O)CN=C1NS(=O)(=O)c2ccccc21)c1ccccc1. The highest BCUT2D eigenvalue weighted by atomic mass is 32.2. The predicted molar refractivity (Wildman–Crippen MR) is 108 cm³/mol. The number of amides is 1. The van der Waals surface area contributed by atoms with Gasteiger partial charge in [-0.25, -0.2) is 8.42 Å². The van der Waals surface area contributed by atoms with E-state index in [1.54, 1.807) is 35.2 Å². The van der Waals surface area contributed by atoms with Crippen molar-refractivity contribution in [2.75, 3.05) is 18.1 Å². The molecule has 3 rings (SSSR count). The second-order valence-electron chi connectivity index (χ2n) is 6.62. The number of anilines is 1. The lowest BCUT2D eigenvalue weighted by Gasteiger charge is -2.26. The van der Waals surface area contributed by atoms with Crippen molar-refractivity contribution in [2.24, 2.45) is 4.99 Å². The number of ether oxygens (including phenoxy) is 1. The van der Waals surface area contributed by atoms with Gasteiger partial charge in [-0.05, 0) is 38.1 Å². The fourth-order valence-electron chi connectivity index (χ4n) is 2.97. The lowest BCUT2D eigenvalue weighted by Crippen LogP contribution is -2.40. The average Bonchev–Trinajstić information content (AvgIpc) is 2.96. The molecule has 0 spiro atoms. The number of carbonyl (C=O) groups excluding carboxylic acids is 2. The van der Waals surface area contributed by atoms with Crippen LogP contribution in [0.5, 0.6) is 0 Å². The van der Waals surface area contributed by atoms with Crippen LogP contribution in [0.2, 0.25) is 0 Å². The minimum atomic E-state index is -3.67. The Morgan fingerprint density at radius 3 is 2.41 bits per heavy atom. The molecule has 1 heterocycles. The van der Waals surface area contributed by atoms with Gasteiger partial charge in [0.1, 0.15) is 12.4 Å². The Morgan fingerprint density at radius 1 is 1.07 bits per heavy atom. The summed E-state index contributed by atoms with van der Waals surface area (Å²) in [5.74, 6) is -1.01. The fraction of sp³-hybridized carbons (Fsp3) is 0.250. The van der Waals surface area contributed by atoms with Gasteiger partial charge in [0.2, 0.25) is 0 Å². The lowest BCUT2D eigenvalue weighted by atomic mass is 10.2. The van der Waals surface area contributed by atoms with Crippen molar-refractivity contribution in [3.8, 4) is 0 Å². The van der Waals surface area contributed by atoms with Crippen molar-refractivity contribution in [3.05, 3.63) is 60.2 Å². The number of nitrogens with one attached hydrogen (secondary N) is 1. The number of para-hydroxylation sites is 1. The number of fused-ring (bicyclic) bond motifs is 1. The molecular weight excluding hydrogens is 394 g/mol. The van der Waals surface area contributed by atoms with Crippen LogP contribution < -0.4 is 9.62 Å². The first-order chi connectivity index (χ1) is 13.8. The summed E-state index contributed by atoms with van der Waals surface area (Å²) >= 11 is 0. The number of hydrogen-bond donors (Lipinski definition) is 1. The number of amidine groups is 1. The maximum Gasteiger partial charge on any atom is 0.328 e. The molecule has 0 radical (unpaired) electrons. The Bertz CT molecular complexity index is 1050. The van der Waals surface area contributed by atoms with Gasteiger partial charge in [0, 0.05) is 17.3 Å². The van der Waals surface area contributed by atoms with E-state index in [0.717, 1.165) is 0 Å². The molecule has 2 aromatic carbocycles. The minimum absolute atomic E-state index is 0.0805. The van der Waals surface area contributed by atoms with Gasteiger partial charge in [-0.15, -0.1) is 0 Å². The summed E-state index contributed by atoms with van der Waals surface area (Å²) in [5, 5.41) is 0. The smallest absolute Gasteiger partial charge is 0.328 e. The second-order valence-corrected chi connectivity index (χ2v) is 8.27. The third kappa shape index (κ3) is 4.62. The second kappa shape index (κ2) is 8.44. The maximum atomic E-state index is 12.5. The summed E-state index contributed by atoms with van der Waals surface area (Å²) in [6.07, 6.45) is 0. The van der Waals surface area contributed by atoms with Crippen molar-refractivity contribution >= 4 is 33.4 Å². The highest BCUT2D eigenvalue weighted by Crippen LogP contribution is 2.22. The van der Waals surface area contributed by atoms with Crippen LogP contribution in [-0.4, -0.2) is 45.3 Å². The monoisotopic (exact) mass is 415 g/mol. The van der Waals surface area contributed by atoms with Crippen molar-refractivity contribution < 1.29 is 22.7 Å². The van der Waals surface area contributed by atoms with Gasteiger partial charge in [0.25, 0.3) is 15.9 Å². The first kappa shape index (κ1) is 20.5. The Morgan fingerprint density at radius 2 is 1.72 bits per heavy atom. The Labute approximate surface area is 169 Å². The van der Waals surface area contributed by atoms with E-state index in [4.69, 9.17) is 4.74 Å². The number of rotatable bonds is 6. The molecule has 0 saturated carbocycles. The van der Waals surface area contributed by atoms with Crippen LogP contribution in [0.15, 0.2) is 64.5 Å². The molecule has 0 atom stereocenters. The highest BCUT2D eigenvalue weighted by molar-refractivity contribution is 7.90. The molecule has 2 aromatic rings. The summed E-state index contributed by atoms with van der Waals surface area (Å²) in [6, 6.07) is 15.3. The lowest BCUT2D eigenvalue weighted by molar-refractivity contribution is -0.146. The van der Waals surface area contributed by atoms with Gasteiger partial charge < -0.3 is 9.64 Å². The van der Waals surface area contributed by atoms with E-state index in [1.165, 1.54) is 6.07 Å². The summed E-state index contributed by atoms with van der Waals surface area (Å²) in [4.78, 5) is 30.2. The van der Waals surface area contributed by atoms with E-state index < -0.39 is 29.1 Å². The van der Waals surface area contributed by atoms with Gasteiger partial charge in [0.15, 0.2) is 6.61 Å². The Hall–Kier alpha value is -3.20. The molecule has 0 aromatic heterocycles. The molecule has 1 aliphatic rings. The van der Waals surface area contributed by atoms with Gasteiger partial charge in [-0.2, -0.15) is 0 Å². The third-order valence-corrected chi connectivity index (χ3v) is 5.60. The largest absolute Gasteiger partial charge is 0.454 e. The minimum Gasteiger partial charge on any atom is -0.454 e. The Balaban J connectivity index is 1.62. The van der Waals surface area contributed by atoms with Crippen molar-refractivity contribution in [1.82, 2.24) is 4.72 Å². The number of hydrogen-bond acceptors (Lipinski definition) is 6. The molecule has 8 nitrogen and oxygen atoms in total. The maximum absolute atomic E-state index is 12.5. The molecule has 0 aliphatic carbocycles. The number of benzene rings is 2. The molecule has 1 aliphatic heterocycles. The van der Waals surface area contributed by atoms with Gasteiger partial charge >= 0.3 is 5.97 Å². The van der Waals surface area contributed by atoms with E-state index in [-0.39, 0.29) is 22.7 Å². The number of esters is 1. The van der Waals surface area contributed by atoms with E-state index in [0.29, 0.717) is 11.3 Å². The topological polar surface area (TPSA) is 105 Å². The zero-order chi connectivity index (χ0) is 21.0. The molecule has 0 fully saturated rings.